The number of fused-ring (bicyclic) bond motifs is 1. The minimum Gasteiger partial charge on any atom is -0.506 e. The van der Waals surface area contributed by atoms with Gasteiger partial charge in [-0.2, -0.15) is 0 Å². The van der Waals surface area contributed by atoms with Gasteiger partial charge in [0.15, 0.2) is 0 Å². The largest absolute Gasteiger partial charge is 0.506 e. The predicted molar refractivity (Wildman–Crippen MR) is 95.5 cm³/mol. The van der Waals surface area contributed by atoms with Gasteiger partial charge in [-0.15, -0.1) is 11.3 Å². The van der Waals surface area contributed by atoms with Gasteiger partial charge in [0.25, 0.3) is 0 Å². The molecule has 0 aliphatic heterocycles. The van der Waals surface area contributed by atoms with Gasteiger partial charge in [0.05, 0.1) is 10.4 Å². The number of aliphatic hydroxyl groups excluding tert-OH is 1. The van der Waals surface area contributed by atoms with Crippen molar-refractivity contribution < 1.29 is 18.3 Å². The maximum absolute atomic E-state index is 14.5. The second-order valence-corrected chi connectivity index (χ2v) is 7.49. The number of aliphatic hydroxyl groups is 1. The molecule has 1 aromatic heterocycles. The Bertz CT molecular complexity index is 1010. The van der Waals surface area contributed by atoms with Crippen LogP contribution >= 0.6 is 22.9 Å². The Hall–Kier alpha value is -1.98. The van der Waals surface area contributed by atoms with Gasteiger partial charge >= 0.3 is 0 Å². The smallest absolute Gasteiger partial charge is 0.135 e. The number of halogens is 4. The van der Waals surface area contributed by atoms with Crippen LogP contribution in [0.25, 0.3) is 27.0 Å². The Morgan fingerprint density at radius 1 is 1.00 bits per heavy atom. The third-order valence-electron chi connectivity index (χ3n) is 4.42. The van der Waals surface area contributed by atoms with E-state index in [-0.39, 0.29) is 21.9 Å². The van der Waals surface area contributed by atoms with Crippen LogP contribution in [0.4, 0.5) is 13.2 Å². The highest BCUT2D eigenvalue weighted by Gasteiger charge is 2.26. The van der Waals surface area contributed by atoms with Crippen LogP contribution in [0.5, 0.6) is 0 Å². The van der Waals surface area contributed by atoms with Gasteiger partial charge in [-0.25, -0.2) is 13.2 Å². The molecule has 1 aliphatic carbocycles. The van der Waals surface area contributed by atoms with Crippen molar-refractivity contribution in [3.8, 4) is 11.1 Å². The maximum Gasteiger partial charge on any atom is 0.135 e. The van der Waals surface area contributed by atoms with Gasteiger partial charge < -0.3 is 5.11 Å². The first-order valence-corrected chi connectivity index (χ1v) is 8.93. The lowest BCUT2D eigenvalue weighted by Crippen LogP contribution is -2.01. The van der Waals surface area contributed by atoms with Crippen molar-refractivity contribution in [2.75, 3.05) is 0 Å². The van der Waals surface area contributed by atoms with Gasteiger partial charge in [-0.3, -0.25) is 0 Å². The molecule has 0 radical (unpaired) electrons. The Kier molecular flexibility index (Phi) is 4.01. The van der Waals surface area contributed by atoms with Gasteiger partial charge in [0, 0.05) is 20.7 Å². The topological polar surface area (TPSA) is 20.2 Å². The number of thiophene rings is 1. The molecule has 4 rings (SSSR count). The number of rotatable bonds is 2. The zero-order valence-corrected chi connectivity index (χ0v) is 14.4. The van der Waals surface area contributed by atoms with Gasteiger partial charge in [0.2, 0.25) is 0 Å². The lowest BCUT2D eigenvalue weighted by Gasteiger charge is -2.18. The van der Waals surface area contributed by atoms with Gasteiger partial charge in [0.1, 0.15) is 23.2 Å². The Morgan fingerprint density at radius 3 is 2.28 bits per heavy atom. The van der Waals surface area contributed by atoms with E-state index in [1.54, 1.807) is 0 Å². The first-order valence-electron chi connectivity index (χ1n) is 7.74. The van der Waals surface area contributed by atoms with E-state index < -0.39 is 17.5 Å². The average molecular weight is 381 g/mol. The second-order valence-electron chi connectivity index (χ2n) is 6.00. The molecule has 0 spiro atoms. The summed E-state index contributed by atoms with van der Waals surface area (Å²) in [7, 11) is 0. The monoisotopic (exact) mass is 380 g/mol. The van der Waals surface area contributed by atoms with Crippen LogP contribution < -0.4 is 0 Å². The van der Waals surface area contributed by atoms with E-state index in [0.717, 1.165) is 48.3 Å². The third-order valence-corrected chi connectivity index (χ3v) is 5.79. The van der Waals surface area contributed by atoms with Crippen LogP contribution in [0.15, 0.2) is 35.9 Å². The van der Waals surface area contributed by atoms with E-state index in [1.807, 2.05) is 0 Å². The molecule has 1 aliphatic rings. The quantitative estimate of drug-likeness (QED) is 0.470. The Labute approximate surface area is 151 Å². The van der Waals surface area contributed by atoms with Crippen molar-refractivity contribution in [3.05, 3.63) is 63.3 Å². The molecule has 3 aromatic rings. The summed E-state index contributed by atoms with van der Waals surface area (Å²) in [6.45, 7) is 0. The van der Waals surface area contributed by atoms with E-state index in [9.17, 15) is 18.3 Å². The normalized spacial score (nSPS) is 14.0. The summed E-state index contributed by atoms with van der Waals surface area (Å²) in [5.74, 6) is -2.04. The molecule has 1 fully saturated rings. The molecule has 1 N–H and O–H groups in total. The predicted octanol–water partition coefficient (Wildman–Crippen LogP) is 7.09. The standard InChI is InChI=1S/C19H12ClF3OS/c20-10-6-13(22)17(14(23)7-10)16-12-5-4-11(21)8-15(12)25-19(16)18(24)9-2-1-3-9/h4-8,24H,1-3H2. The van der Waals surface area contributed by atoms with Crippen LogP contribution in [-0.4, -0.2) is 5.11 Å². The van der Waals surface area contributed by atoms with Crippen LogP contribution in [0, 0.1) is 17.5 Å². The van der Waals surface area contributed by atoms with Crippen LogP contribution in [0.1, 0.15) is 24.1 Å². The summed E-state index contributed by atoms with van der Waals surface area (Å²) in [5, 5.41) is 11.1. The molecule has 0 saturated heterocycles. The van der Waals surface area contributed by atoms with Crippen molar-refractivity contribution in [3.63, 3.8) is 0 Å². The maximum atomic E-state index is 14.5. The molecule has 2 aromatic carbocycles. The first kappa shape index (κ1) is 16.5. The van der Waals surface area contributed by atoms with E-state index in [4.69, 9.17) is 11.6 Å². The second kappa shape index (κ2) is 6.07. The minimum atomic E-state index is -0.818. The fourth-order valence-electron chi connectivity index (χ4n) is 3.02. The lowest BCUT2D eigenvalue weighted by atomic mass is 9.89. The summed E-state index contributed by atoms with van der Waals surface area (Å²) in [5.41, 5.74) is 0.829. The Balaban J connectivity index is 2.08. The molecule has 0 bridgehead atoms. The fraction of sp³-hybridized carbons (Fsp3) is 0.158. The molecule has 128 valence electrons. The van der Waals surface area contributed by atoms with E-state index >= 15 is 0 Å². The van der Waals surface area contributed by atoms with Gasteiger partial charge in [-0.1, -0.05) is 11.6 Å². The summed E-state index contributed by atoms with van der Waals surface area (Å²) < 4.78 is 43.2. The van der Waals surface area contributed by atoms with Crippen molar-refractivity contribution in [1.29, 1.82) is 0 Å². The summed E-state index contributed by atoms with van der Waals surface area (Å²) in [6, 6.07) is 6.08. The molecule has 25 heavy (non-hydrogen) atoms. The number of allylic oxidation sites excluding steroid dienone is 1. The average Bonchev–Trinajstić information content (AvgIpc) is 2.83. The van der Waals surface area contributed by atoms with E-state index in [1.165, 1.54) is 18.2 Å². The Morgan fingerprint density at radius 2 is 1.68 bits per heavy atom. The van der Waals surface area contributed by atoms with Crippen molar-refractivity contribution >= 4 is 38.8 Å². The molecular formula is C19H12ClF3OS. The highest BCUT2D eigenvalue weighted by molar-refractivity contribution is 7.20. The minimum absolute atomic E-state index is 0.0385. The highest BCUT2D eigenvalue weighted by Crippen LogP contribution is 2.46. The molecular weight excluding hydrogens is 369 g/mol. The number of benzene rings is 2. The van der Waals surface area contributed by atoms with Gasteiger partial charge in [-0.05, 0) is 55.2 Å². The van der Waals surface area contributed by atoms with E-state index in [0.29, 0.717) is 15.0 Å². The first-order chi connectivity index (χ1) is 12.0. The zero-order valence-electron chi connectivity index (χ0n) is 12.9. The fourth-order valence-corrected chi connectivity index (χ4v) is 4.44. The molecule has 0 atom stereocenters. The lowest BCUT2D eigenvalue weighted by molar-refractivity contribution is 0.488. The number of hydrogen-bond donors (Lipinski definition) is 1. The number of hydrogen-bond acceptors (Lipinski definition) is 2. The molecule has 1 nitrogen and oxygen atoms in total. The highest BCUT2D eigenvalue weighted by atomic mass is 35.5. The summed E-state index contributed by atoms with van der Waals surface area (Å²) in [4.78, 5) is 0.357. The van der Waals surface area contributed by atoms with Crippen molar-refractivity contribution in [2.45, 2.75) is 19.3 Å². The summed E-state index contributed by atoms with van der Waals surface area (Å²) in [6.07, 6.45) is 2.47. The van der Waals surface area contributed by atoms with Crippen molar-refractivity contribution in [1.82, 2.24) is 0 Å². The summed E-state index contributed by atoms with van der Waals surface area (Å²) >= 11 is 6.85. The van der Waals surface area contributed by atoms with Crippen LogP contribution in [0.2, 0.25) is 5.02 Å². The molecule has 0 unspecified atom stereocenters. The van der Waals surface area contributed by atoms with Crippen molar-refractivity contribution in [2.24, 2.45) is 0 Å². The van der Waals surface area contributed by atoms with Crippen LogP contribution in [-0.2, 0) is 0 Å². The van der Waals surface area contributed by atoms with Crippen LogP contribution in [0.3, 0.4) is 0 Å². The zero-order chi connectivity index (χ0) is 17.7. The molecule has 6 heteroatoms. The molecule has 1 heterocycles. The SMILES string of the molecule is OC(=C1CCC1)c1sc2cc(F)ccc2c1-c1c(F)cc(Cl)cc1F. The molecule has 0 amide bonds. The van der Waals surface area contributed by atoms with E-state index in [2.05, 4.69) is 0 Å². The molecule has 1 saturated carbocycles. The third kappa shape index (κ3) is 2.71.